The fourth-order valence-electron chi connectivity index (χ4n) is 3.20. The van der Waals surface area contributed by atoms with E-state index in [-0.39, 0.29) is 16.7 Å². The molecule has 1 aromatic heterocycles. The molecule has 1 fully saturated rings. The molecule has 0 radical (unpaired) electrons. The summed E-state index contributed by atoms with van der Waals surface area (Å²) in [5.74, 6) is -0.249. The van der Waals surface area contributed by atoms with Crippen molar-refractivity contribution in [1.29, 1.82) is 0 Å². The monoisotopic (exact) mass is 377 g/mol. The molecule has 1 aromatic carbocycles. The number of carbonyl (C=O) groups is 1. The molecule has 2 aromatic rings. The van der Waals surface area contributed by atoms with Gasteiger partial charge in [-0.15, -0.1) is 0 Å². The minimum atomic E-state index is -3.60. The Morgan fingerprint density at radius 1 is 1.31 bits per heavy atom. The van der Waals surface area contributed by atoms with Crippen LogP contribution in [0.4, 0.5) is 5.69 Å². The Morgan fingerprint density at radius 2 is 2.00 bits per heavy atom. The van der Waals surface area contributed by atoms with Gasteiger partial charge in [-0.2, -0.15) is 9.40 Å². The third-order valence-corrected chi connectivity index (χ3v) is 6.50. The Hall–Kier alpha value is -2.39. The molecule has 1 saturated heterocycles. The first kappa shape index (κ1) is 18.4. The molecule has 3 rings (SSSR count). The maximum absolute atomic E-state index is 12.9. The number of carbonyl (C=O) groups excluding carboxylic acids is 1. The van der Waals surface area contributed by atoms with Crippen LogP contribution >= 0.6 is 0 Å². The summed E-state index contributed by atoms with van der Waals surface area (Å²) >= 11 is 0. The molecular weight excluding hydrogens is 354 g/mol. The van der Waals surface area contributed by atoms with E-state index in [0.717, 1.165) is 6.42 Å². The van der Waals surface area contributed by atoms with Gasteiger partial charge in [-0.3, -0.25) is 9.89 Å². The van der Waals surface area contributed by atoms with Crippen LogP contribution in [0.3, 0.4) is 0 Å². The molecule has 140 valence electrons. The summed E-state index contributed by atoms with van der Waals surface area (Å²) in [6.07, 6.45) is 3.02. The van der Waals surface area contributed by atoms with Crippen LogP contribution in [0.25, 0.3) is 0 Å². The lowest BCUT2D eigenvalue weighted by Gasteiger charge is -2.32. The highest BCUT2D eigenvalue weighted by Crippen LogP contribution is 2.31. The number of nitrogens with two attached hydrogens (primary N) is 1. The van der Waals surface area contributed by atoms with Gasteiger partial charge in [-0.05, 0) is 37.1 Å². The highest BCUT2D eigenvalue weighted by atomic mass is 32.2. The van der Waals surface area contributed by atoms with Crippen LogP contribution in [-0.4, -0.2) is 60.9 Å². The van der Waals surface area contributed by atoms with Crippen molar-refractivity contribution in [2.75, 3.05) is 32.9 Å². The van der Waals surface area contributed by atoms with Crippen LogP contribution in [-0.2, 0) is 10.0 Å². The average molecular weight is 377 g/mol. The van der Waals surface area contributed by atoms with Gasteiger partial charge < -0.3 is 10.6 Å². The van der Waals surface area contributed by atoms with E-state index in [1.54, 1.807) is 26.2 Å². The van der Waals surface area contributed by atoms with E-state index in [2.05, 4.69) is 10.2 Å². The molecule has 8 nitrogen and oxygen atoms in total. The van der Waals surface area contributed by atoms with Crippen LogP contribution in [0.1, 0.15) is 34.8 Å². The molecule has 0 spiro atoms. The van der Waals surface area contributed by atoms with E-state index in [0.29, 0.717) is 36.5 Å². The maximum Gasteiger partial charge on any atom is 0.256 e. The summed E-state index contributed by atoms with van der Waals surface area (Å²) in [5.41, 5.74) is 7.35. The van der Waals surface area contributed by atoms with Crippen molar-refractivity contribution in [3.05, 3.63) is 41.7 Å². The first-order chi connectivity index (χ1) is 12.3. The average Bonchev–Trinajstić information content (AvgIpc) is 3.11. The fourth-order valence-corrected chi connectivity index (χ4v) is 4.73. The van der Waals surface area contributed by atoms with Crippen LogP contribution in [0.15, 0.2) is 35.4 Å². The lowest BCUT2D eigenvalue weighted by Crippen LogP contribution is -2.39. The van der Waals surface area contributed by atoms with Crippen molar-refractivity contribution in [3.63, 3.8) is 0 Å². The molecule has 1 amide bonds. The molecule has 26 heavy (non-hydrogen) atoms. The van der Waals surface area contributed by atoms with E-state index < -0.39 is 10.0 Å². The maximum atomic E-state index is 12.9. The molecule has 1 atom stereocenters. The minimum absolute atomic E-state index is 0.103. The second-order valence-corrected chi connectivity index (χ2v) is 8.61. The van der Waals surface area contributed by atoms with Crippen molar-refractivity contribution in [2.24, 2.45) is 0 Å². The normalized spacial score (nSPS) is 18.6. The van der Waals surface area contributed by atoms with Gasteiger partial charge in [0, 0.05) is 38.8 Å². The Balaban J connectivity index is 1.85. The molecular formula is C17H23N5O3S. The largest absolute Gasteiger partial charge is 0.399 e. The highest BCUT2D eigenvalue weighted by molar-refractivity contribution is 7.89. The number of hydrogen-bond acceptors (Lipinski definition) is 5. The number of sulfonamides is 1. The Labute approximate surface area is 153 Å². The van der Waals surface area contributed by atoms with Crippen molar-refractivity contribution in [2.45, 2.75) is 23.7 Å². The molecule has 1 unspecified atom stereocenters. The van der Waals surface area contributed by atoms with Gasteiger partial charge in [0.25, 0.3) is 5.91 Å². The van der Waals surface area contributed by atoms with Crippen molar-refractivity contribution < 1.29 is 13.2 Å². The number of anilines is 1. The third kappa shape index (κ3) is 3.45. The van der Waals surface area contributed by atoms with Gasteiger partial charge in [-0.25, -0.2) is 8.42 Å². The van der Waals surface area contributed by atoms with Gasteiger partial charge in [0.05, 0.1) is 22.3 Å². The number of aromatic amines is 1. The standard InChI is InChI=1S/C17H23N5O3S/c1-21(2)17(23)15-10-19-20-16(15)12-4-3-9-22(11-12)26(24,25)14-7-5-13(18)6-8-14/h5-8,10,12H,3-4,9,11,18H2,1-2H3,(H,19,20). The molecule has 0 aliphatic carbocycles. The van der Waals surface area contributed by atoms with Crippen molar-refractivity contribution >= 4 is 21.6 Å². The molecule has 1 aliphatic heterocycles. The number of aromatic nitrogens is 2. The summed E-state index contributed by atoms with van der Waals surface area (Å²) in [5, 5.41) is 6.90. The van der Waals surface area contributed by atoms with E-state index in [1.165, 1.54) is 27.5 Å². The summed E-state index contributed by atoms with van der Waals surface area (Å²) in [7, 11) is -0.247. The van der Waals surface area contributed by atoms with Crippen LogP contribution in [0.5, 0.6) is 0 Å². The van der Waals surface area contributed by atoms with Gasteiger partial charge in [0.2, 0.25) is 10.0 Å². The van der Waals surface area contributed by atoms with Crippen molar-refractivity contribution in [1.82, 2.24) is 19.4 Å². The SMILES string of the molecule is CN(C)C(=O)c1cn[nH]c1C1CCCN(S(=O)(=O)c2ccc(N)cc2)C1. The van der Waals surface area contributed by atoms with Gasteiger partial charge in [-0.1, -0.05) is 0 Å². The lowest BCUT2D eigenvalue weighted by molar-refractivity contribution is 0.0825. The zero-order chi connectivity index (χ0) is 18.9. The Morgan fingerprint density at radius 3 is 2.65 bits per heavy atom. The topological polar surface area (TPSA) is 112 Å². The number of rotatable bonds is 4. The lowest BCUT2D eigenvalue weighted by atomic mass is 9.93. The number of amides is 1. The predicted molar refractivity (Wildman–Crippen MR) is 98.2 cm³/mol. The van der Waals surface area contributed by atoms with Gasteiger partial charge in [0.15, 0.2) is 0 Å². The van der Waals surface area contributed by atoms with E-state index >= 15 is 0 Å². The number of nitrogen functional groups attached to an aromatic ring is 1. The van der Waals surface area contributed by atoms with E-state index in [4.69, 9.17) is 5.73 Å². The minimum Gasteiger partial charge on any atom is -0.399 e. The Bertz CT molecular complexity index is 889. The first-order valence-electron chi connectivity index (χ1n) is 8.41. The second-order valence-electron chi connectivity index (χ2n) is 6.67. The molecule has 3 N–H and O–H groups in total. The number of benzene rings is 1. The fraction of sp³-hybridized carbons (Fsp3) is 0.412. The van der Waals surface area contributed by atoms with E-state index in [9.17, 15) is 13.2 Å². The number of nitrogens with zero attached hydrogens (tertiary/aromatic N) is 3. The molecule has 0 saturated carbocycles. The summed E-state index contributed by atoms with van der Waals surface area (Å²) in [6, 6.07) is 6.20. The molecule has 9 heteroatoms. The summed E-state index contributed by atoms with van der Waals surface area (Å²) in [4.78, 5) is 14.0. The predicted octanol–water partition coefficient (Wildman–Crippen LogP) is 1.26. The van der Waals surface area contributed by atoms with Crippen LogP contribution in [0.2, 0.25) is 0 Å². The number of piperidine rings is 1. The van der Waals surface area contributed by atoms with E-state index in [1.807, 2.05) is 0 Å². The highest BCUT2D eigenvalue weighted by Gasteiger charge is 2.33. The smallest absolute Gasteiger partial charge is 0.256 e. The van der Waals surface area contributed by atoms with Gasteiger partial charge in [0.1, 0.15) is 0 Å². The Kier molecular flexibility index (Phi) is 5.01. The quantitative estimate of drug-likeness (QED) is 0.779. The van der Waals surface area contributed by atoms with Crippen LogP contribution < -0.4 is 5.73 Å². The first-order valence-corrected chi connectivity index (χ1v) is 9.85. The molecule has 0 bridgehead atoms. The van der Waals surface area contributed by atoms with Gasteiger partial charge >= 0.3 is 0 Å². The summed E-state index contributed by atoms with van der Waals surface area (Å²) < 4.78 is 27.3. The molecule has 2 heterocycles. The summed E-state index contributed by atoms with van der Waals surface area (Å²) in [6.45, 7) is 0.761. The number of H-pyrrole nitrogens is 1. The van der Waals surface area contributed by atoms with Crippen LogP contribution in [0, 0.1) is 0 Å². The second kappa shape index (κ2) is 7.08. The zero-order valence-electron chi connectivity index (χ0n) is 14.8. The third-order valence-electron chi connectivity index (χ3n) is 4.62. The zero-order valence-corrected chi connectivity index (χ0v) is 15.7. The molecule has 1 aliphatic rings. The van der Waals surface area contributed by atoms with Crippen molar-refractivity contribution in [3.8, 4) is 0 Å². The number of hydrogen-bond donors (Lipinski definition) is 2. The number of nitrogens with one attached hydrogen (secondary N) is 1.